The fourth-order valence-electron chi connectivity index (χ4n) is 2.66. The highest BCUT2D eigenvalue weighted by molar-refractivity contribution is 6.32. The predicted molar refractivity (Wildman–Crippen MR) is 109 cm³/mol. The molecular weight excluding hydrogens is 362 g/mol. The molecule has 0 aromatic heterocycles. The molecular formula is C22H22ClNO3. The van der Waals surface area contributed by atoms with Crippen LogP contribution in [0.1, 0.15) is 11.1 Å². The van der Waals surface area contributed by atoms with Crippen molar-refractivity contribution in [2.24, 2.45) is 0 Å². The molecule has 0 fully saturated rings. The third-order valence-electron chi connectivity index (χ3n) is 4.10. The van der Waals surface area contributed by atoms with E-state index in [9.17, 15) is 0 Å². The monoisotopic (exact) mass is 383 g/mol. The van der Waals surface area contributed by atoms with Crippen LogP contribution in [0.2, 0.25) is 5.02 Å². The maximum Gasteiger partial charge on any atom is 0.180 e. The predicted octanol–water partition coefficient (Wildman–Crippen LogP) is 5.55. The minimum absolute atomic E-state index is 0.431. The van der Waals surface area contributed by atoms with Crippen LogP contribution in [-0.4, -0.2) is 14.2 Å². The molecule has 3 rings (SSSR count). The first-order chi connectivity index (χ1) is 13.2. The SMILES string of the molecule is COc1ccc(NCc2cc(Cl)c(OCc3ccccc3)c(OC)c2)cc1. The van der Waals surface area contributed by atoms with Crippen molar-refractivity contribution < 1.29 is 14.2 Å². The van der Waals surface area contributed by atoms with Gasteiger partial charge in [0.2, 0.25) is 0 Å². The summed E-state index contributed by atoms with van der Waals surface area (Å²) in [5.41, 5.74) is 3.07. The van der Waals surface area contributed by atoms with Crippen molar-refractivity contribution in [1.29, 1.82) is 0 Å². The lowest BCUT2D eigenvalue weighted by molar-refractivity contribution is 0.284. The summed E-state index contributed by atoms with van der Waals surface area (Å²) in [6, 6.07) is 21.5. The smallest absolute Gasteiger partial charge is 0.180 e. The fourth-order valence-corrected chi connectivity index (χ4v) is 2.95. The van der Waals surface area contributed by atoms with Crippen LogP contribution in [0.15, 0.2) is 66.7 Å². The van der Waals surface area contributed by atoms with E-state index in [1.807, 2.05) is 66.7 Å². The first-order valence-electron chi connectivity index (χ1n) is 8.60. The molecule has 140 valence electrons. The summed E-state index contributed by atoms with van der Waals surface area (Å²) in [6.07, 6.45) is 0. The van der Waals surface area contributed by atoms with Gasteiger partial charge < -0.3 is 19.5 Å². The summed E-state index contributed by atoms with van der Waals surface area (Å²) in [7, 11) is 3.26. The van der Waals surface area contributed by atoms with Crippen molar-refractivity contribution in [1.82, 2.24) is 0 Å². The van der Waals surface area contributed by atoms with Gasteiger partial charge in [0.15, 0.2) is 11.5 Å². The molecule has 0 saturated heterocycles. The van der Waals surface area contributed by atoms with E-state index in [-0.39, 0.29) is 0 Å². The van der Waals surface area contributed by atoms with E-state index < -0.39 is 0 Å². The van der Waals surface area contributed by atoms with Crippen molar-refractivity contribution in [3.63, 3.8) is 0 Å². The zero-order chi connectivity index (χ0) is 19.1. The lowest BCUT2D eigenvalue weighted by Crippen LogP contribution is -2.02. The molecule has 0 heterocycles. The molecule has 5 heteroatoms. The van der Waals surface area contributed by atoms with Crippen LogP contribution < -0.4 is 19.5 Å². The Bertz CT molecular complexity index is 867. The van der Waals surface area contributed by atoms with Crippen molar-refractivity contribution >= 4 is 17.3 Å². The number of hydrogen-bond donors (Lipinski definition) is 1. The zero-order valence-electron chi connectivity index (χ0n) is 15.4. The molecule has 3 aromatic carbocycles. The number of ether oxygens (including phenoxy) is 3. The molecule has 0 aliphatic heterocycles. The maximum atomic E-state index is 6.45. The summed E-state index contributed by atoms with van der Waals surface area (Å²) in [5.74, 6) is 1.99. The van der Waals surface area contributed by atoms with Crippen LogP contribution in [0.4, 0.5) is 5.69 Å². The van der Waals surface area contributed by atoms with Gasteiger partial charge in [-0.15, -0.1) is 0 Å². The lowest BCUT2D eigenvalue weighted by Gasteiger charge is -2.15. The first-order valence-corrected chi connectivity index (χ1v) is 8.98. The Morgan fingerprint density at radius 1 is 0.852 bits per heavy atom. The quantitative estimate of drug-likeness (QED) is 0.553. The minimum atomic E-state index is 0.431. The summed E-state index contributed by atoms with van der Waals surface area (Å²) < 4.78 is 16.6. The van der Waals surface area contributed by atoms with E-state index in [1.54, 1.807) is 14.2 Å². The average molecular weight is 384 g/mol. The molecule has 0 aliphatic carbocycles. The molecule has 0 bridgehead atoms. The molecule has 3 aromatic rings. The van der Waals surface area contributed by atoms with Gasteiger partial charge in [-0.1, -0.05) is 41.9 Å². The Hall–Kier alpha value is -2.85. The molecule has 1 N–H and O–H groups in total. The van der Waals surface area contributed by atoms with Gasteiger partial charge in [-0.2, -0.15) is 0 Å². The molecule has 0 atom stereocenters. The highest BCUT2D eigenvalue weighted by atomic mass is 35.5. The van der Waals surface area contributed by atoms with E-state index in [0.717, 1.165) is 22.6 Å². The van der Waals surface area contributed by atoms with Gasteiger partial charge in [0, 0.05) is 12.2 Å². The number of rotatable bonds is 8. The number of methoxy groups -OCH3 is 2. The van der Waals surface area contributed by atoms with Gasteiger partial charge in [0.25, 0.3) is 0 Å². The van der Waals surface area contributed by atoms with E-state index in [2.05, 4.69) is 5.32 Å². The normalized spacial score (nSPS) is 10.3. The molecule has 0 unspecified atom stereocenters. The van der Waals surface area contributed by atoms with Gasteiger partial charge in [0.1, 0.15) is 12.4 Å². The highest BCUT2D eigenvalue weighted by Gasteiger charge is 2.12. The van der Waals surface area contributed by atoms with Crippen LogP contribution in [0.3, 0.4) is 0 Å². The van der Waals surface area contributed by atoms with E-state index in [0.29, 0.717) is 29.7 Å². The second-order valence-electron chi connectivity index (χ2n) is 5.97. The second-order valence-corrected chi connectivity index (χ2v) is 6.37. The van der Waals surface area contributed by atoms with Crippen molar-refractivity contribution in [2.45, 2.75) is 13.2 Å². The van der Waals surface area contributed by atoms with Crippen molar-refractivity contribution in [2.75, 3.05) is 19.5 Å². The van der Waals surface area contributed by atoms with Crippen molar-refractivity contribution in [3.8, 4) is 17.2 Å². The average Bonchev–Trinajstić information content (AvgIpc) is 2.72. The maximum absolute atomic E-state index is 6.45. The summed E-state index contributed by atoms with van der Waals surface area (Å²) in [6.45, 7) is 1.04. The third kappa shape index (κ3) is 5.08. The van der Waals surface area contributed by atoms with Crippen LogP contribution in [0, 0.1) is 0 Å². The summed E-state index contributed by atoms with van der Waals surface area (Å²) >= 11 is 6.45. The van der Waals surface area contributed by atoms with Crippen LogP contribution in [0.5, 0.6) is 17.2 Å². The summed E-state index contributed by atoms with van der Waals surface area (Å²) in [5, 5.41) is 3.88. The van der Waals surface area contributed by atoms with Gasteiger partial charge in [-0.05, 0) is 47.5 Å². The minimum Gasteiger partial charge on any atom is -0.497 e. The molecule has 0 aliphatic rings. The number of anilines is 1. The Kier molecular flexibility index (Phi) is 6.44. The Morgan fingerprint density at radius 3 is 2.26 bits per heavy atom. The standard InChI is InChI=1S/C22H22ClNO3/c1-25-19-10-8-18(9-11-19)24-14-17-12-20(23)22(21(13-17)26-2)27-15-16-6-4-3-5-7-16/h3-13,24H,14-15H2,1-2H3. The van der Waals surface area contributed by atoms with Crippen LogP contribution >= 0.6 is 11.6 Å². The van der Waals surface area contributed by atoms with Crippen molar-refractivity contribution in [3.05, 3.63) is 82.9 Å². The Labute approximate surface area is 164 Å². The number of nitrogens with one attached hydrogen (secondary N) is 1. The number of hydrogen-bond acceptors (Lipinski definition) is 4. The van der Waals surface area contributed by atoms with Crippen LogP contribution in [-0.2, 0) is 13.2 Å². The molecule has 0 radical (unpaired) electrons. The Morgan fingerprint density at radius 2 is 1.59 bits per heavy atom. The third-order valence-corrected chi connectivity index (χ3v) is 4.38. The fraction of sp³-hybridized carbons (Fsp3) is 0.182. The van der Waals surface area contributed by atoms with E-state index >= 15 is 0 Å². The molecule has 0 amide bonds. The Balaban J connectivity index is 1.69. The van der Waals surface area contributed by atoms with Gasteiger partial charge >= 0.3 is 0 Å². The van der Waals surface area contributed by atoms with Gasteiger partial charge in [0.05, 0.1) is 19.2 Å². The van der Waals surface area contributed by atoms with Gasteiger partial charge in [-0.25, -0.2) is 0 Å². The van der Waals surface area contributed by atoms with Crippen LogP contribution in [0.25, 0.3) is 0 Å². The number of halogens is 1. The molecule has 27 heavy (non-hydrogen) atoms. The summed E-state index contributed by atoms with van der Waals surface area (Å²) in [4.78, 5) is 0. The largest absolute Gasteiger partial charge is 0.497 e. The van der Waals surface area contributed by atoms with Gasteiger partial charge in [-0.3, -0.25) is 0 Å². The first kappa shape index (κ1) is 18.9. The molecule has 0 saturated carbocycles. The van der Waals surface area contributed by atoms with E-state index in [1.165, 1.54) is 0 Å². The molecule has 4 nitrogen and oxygen atoms in total. The zero-order valence-corrected chi connectivity index (χ0v) is 16.1. The number of benzene rings is 3. The second kappa shape index (κ2) is 9.19. The van der Waals surface area contributed by atoms with E-state index in [4.69, 9.17) is 25.8 Å². The molecule has 0 spiro atoms. The topological polar surface area (TPSA) is 39.7 Å². The lowest BCUT2D eigenvalue weighted by atomic mass is 10.2. The highest BCUT2D eigenvalue weighted by Crippen LogP contribution is 2.37.